The zero-order valence-corrected chi connectivity index (χ0v) is 38.7. The first kappa shape index (κ1) is 41.2. The van der Waals surface area contributed by atoms with Crippen LogP contribution in [-0.4, -0.2) is 18.8 Å². The predicted molar refractivity (Wildman–Crippen MR) is 294 cm³/mol. The number of aromatic nitrogens is 4. The molecule has 0 saturated carbocycles. The summed E-state index contributed by atoms with van der Waals surface area (Å²) in [6.07, 6.45) is 0. The number of hydrogen-bond donors (Lipinski definition) is 4. The Morgan fingerprint density at radius 1 is 0.324 bits per heavy atom. The highest BCUT2D eigenvalue weighted by atomic mass is 16.5. The third-order valence-corrected chi connectivity index (χ3v) is 14.1. The van der Waals surface area contributed by atoms with E-state index < -0.39 is 0 Å². The summed E-state index contributed by atoms with van der Waals surface area (Å²) in [5, 5.41) is 6.46. The fraction of sp³-hybridized carbons (Fsp3) is 0. The molecule has 0 aliphatic heterocycles. The lowest BCUT2D eigenvalue weighted by molar-refractivity contribution is 0.483. The number of rotatable bonds is 8. The molecular weight excluding hydrogens is 929 g/mol. The van der Waals surface area contributed by atoms with Crippen LogP contribution in [0.2, 0.25) is 0 Å². The first-order valence-electron chi connectivity index (χ1n) is 23.7. The van der Waals surface area contributed by atoms with E-state index in [-0.39, 0.29) is 11.1 Å². The van der Waals surface area contributed by atoms with E-state index in [0.717, 1.165) is 0 Å². The number of ether oxygens (including phenoxy) is 4. The van der Waals surface area contributed by atoms with E-state index in [9.17, 15) is 0 Å². The molecule has 352 valence electrons. The first-order chi connectivity index (χ1) is 36.1. The minimum atomic E-state index is -0.315. The highest BCUT2D eigenvalue weighted by molar-refractivity contribution is 6.44. The van der Waals surface area contributed by atoms with Gasteiger partial charge in [-0.1, -0.05) is 24.3 Å². The number of pyridine rings is 2. The van der Waals surface area contributed by atoms with Crippen molar-refractivity contribution in [3.63, 3.8) is 0 Å². The van der Waals surface area contributed by atoms with Crippen LogP contribution in [0.5, 0.6) is 46.0 Å². The standard InChI is InChI=1S/C60H36N8O6/c61-29-9-17-33(18-10-29)71-45-25-37-49-39(59(69)67-43-7-3-1-5-41(43)65-57(37)67)27-47(73-35-21-13-31(63)14-22-35)53-52-46(72-34-19-11-30(62)12-20-34)26-38-50-40(60(70)68-44-8-4-2-6-42(44)66-58(38)68)28-48(54(56(50)52)51(45)55(49)53)74-36-23-15-32(64)16-24-36/h1-28H,61-64H2. The monoisotopic (exact) mass is 964 g/mol. The molecule has 0 fully saturated rings. The van der Waals surface area contributed by atoms with Crippen LogP contribution >= 0.6 is 0 Å². The van der Waals surface area contributed by atoms with Crippen molar-refractivity contribution < 1.29 is 18.9 Å². The molecule has 15 rings (SSSR count). The fourth-order valence-electron chi connectivity index (χ4n) is 10.9. The van der Waals surface area contributed by atoms with E-state index in [0.29, 0.717) is 167 Å². The molecule has 0 unspecified atom stereocenters. The molecule has 14 nitrogen and oxygen atoms in total. The van der Waals surface area contributed by atoms with Crippen molar-refractivity contribution in [1.29, 1.82) is 0 Å². The maximum absolute atomic E-state index is 15.5. The van der Waals surface area contributed by atoms with Crippen molar-refractivity contribution in [2.24, 2.45) is 0 Å². The second-order valence-electron chi connectivity index (χ2n) is 18.5. The van der Waals surface area contributed by atoms with Crippen molar-refractivity contribution in [1.82, 2.24) is 18.8 Å². The molecule has 0 atom stereocenters. The SMILES string of the molecule is Nc1ccc(Oc2cc3c(=O)n4c5ccccc5nc4c4cc(Oc5ccc(N)cc5)c5c6c(Oc7ccc(N)cc7)cc7c(=O)n8c9ccccc9nc8c8cc(Oc9ccc(N)cc9)c(c2c5c34)c6c78)cc1. The van der Waals surface area contributed by atoms with Gasteiger partial charge in [0.1, 0.15) is 57.3 Å². The average Bonchev–Trinajstić information content (AvgIpc) is 4.01. The van der Waals surface area contributed by atoms with Gasteiger partial charge in [0.25, 0.3) is 11.1 Å². The van der Waals surface area contributed by atoms with Crippen LogP contribution in [0.15, 0.2) is 179 Å². The molecule has 8 N–H and O–H groups in total. The van der Waals surface area contributed by atoms with Crippen LogP contribution in [0.1, 0.15) is 0 Å². The van der Waals surface area contributed by atoms with Crippen LogP contribution in [-0.2, 0) is 0 Å². The largest absolute Gasteiger partial charge is 0.457 e. The summed E-state index contributed by atoms with van der Waals surface area (Å²) in [6, 6.07) is 50.8. The highest BCUT2D eigenvalue weighted by Crippen LogP contribution is 2.57. The van der Waals surface area contributed by atoms with Gasteiger partial charge in [0.2, 0.25) is 0 Å². The lowest BCUT2D eigenvalue weighted by atomic mass is 9.84. The molecule has 0 spiro atoms. The third-order valence-electron chi connectivity index (χ3n) is 14.1. The molecule has 0 aliphatic rings. The van der Waals surface area contributed by atoms with Crippen LogP contribution < -0.4 is 53.0 Å². The Morgan fingerprint density at radius 3 is 0.919 bits per heavy atom. The zero-order chi connectivity index (χ0) is 49.7. The van der Waals surface area contributed by atoms with Crippen molar-refractivity contribution in [3.05, 3.63) is 191 Å². The van der Waals surface area contributed by atoms with Crippen LogP contribution in [0.4, 0.5) is 22.7 Å². The Kier molecular flexibility index (Phi) is 8.33. The van der Waals surface area contributed by atoms with E-state index in [1.165, 1.54) is 0 Å². The maximum Gasteiger partial charge on any atom is 0.264 e. The van der Waals surface area contributed by atoms with Gasteiger partial charge in [0.05, 0.1) is 32.8 Å². The highest BCUT2D eigenvalue weighted by Gasteiger charge is 2.32. The minimum Gasteiger partial charge on any atom is -0.457 e. The van der Waals surface area contributed by atoms with Gasteiger partial charge in [-0.25, -0.2) is 9.97 Å². The molecule has 11 aromatic carbocycles. The molecule has 4 heterocycles. The molecule has 0 saturated heterocycles. The normalized spacial score (nSPS) is 12.1. The Morgan fingerprint density at radius 2 is 0.608 bits per heavy atom. The Hall–Kier alpha value is -10.6. The van der Waals surface area contributed by atoms with Crippen molar-refractivity contribution >= 4 is 121 Å². The van der Waals surface area contributed by atoms with Gasteiger partial charge in [-0.05, 0) is 146 Å². The Bertz CT molecular complexity index is 4630. The number of fused-ring (bicyclic) bond motifs is 10. The topological polar surface area (TPSA) is 210 Å². The predicted octanol–water partition coefficient (Wildman–Crippen LogP) is 12.7. The number of nitrogens with zero attached hydrogens (tertiary/aromatic N) is 4. The molecule has 0 radical (unpaired) electrons. The Labute approximate surface area is 416 Å². The maximum atomic E-state index is 15.5. The van der Waals surface area contributed by atoms with Gasteiger partial charge < -0.3 is 41.9 Å². The van der Waals surface area contributed by atoms with Crippen LogP contribution in [0.25, 0.3) is 98.0 Å². The number of nitrogens with two attached hydrogens (primary N) is 4. The number of para-hydroxylation sites is 4. The molecule has 0 aliphatic carbocycles. The molecule has 4 aromatic heterocycles. The third kappa shape index (κ3) is 5.87. The van der Waals surface area contributed by atoms with Crippen molar-refractivity contribution in [2.75, 3.05) is 22.9 Å². The molecule has 0 bridgehead atoms. The quantitative estimate of drug-likeness (QED) is 0.0637. The number of anilines is 4. The molecule has 0 amide bonds. The van der Waals surface area contributed by atoms with Gasteiger partial charge in [0.15, 0.2) is 0 Å². The van der Waals surface area contributed by atoms with Crippen LogP contribution in [0, 0.1) is 0 Å². The van der Waals surface area contributed by atoms with E-state index in [4.69, 9.17) is 51.9 Å². The molecular formula is C60H36N8O6. The van der Waals surface area contributed by atoms with Gasteiger partial charge in [0, 0.05) is 76.6 Å². The second kappa shape index (κ2) is 15.0. The van der Waals surface area contributed by atoms with Gasteiger partial charge >= 0.3 is 0 Å². The summed E-state index contributed by atoms with van der Waals surface area (Å²) >= 11 is 0. The number of hydrogen-bond acceptors (Lipinski definition) is 12. The van der Waals surface area contributed by atoms with E-state index in [2.05, 4.69) is 0 Å². The minimum absolute atomic E-state index is 0.305. The number of nitrogen functional groups attached to an aromatic ring is 4. The zero-order valence-electron chi connectivity index (χ0n) is 38.7. The lowest BCUT2D eigenvalue weighted by Gasteiger charge is -2.25. The molecule has 14 heteroatoms. The average molecular weight is 965 g/mol. The van der Waals surface area contributed by atoms with E-state index in [1.54, 1.807) is 118 Å². The van der Waals surface area contributed by atoms with Crippen molar-refractivity contribution in [2.45, 2.75) is 0 Å². The summed E-state index contributed by atoms with van der Waals surface area (Å²) < 4.78 is 31.7. The molecule has 15 aromatic rings. The van der Waals surface area contributed by atoms with Gasteiger partial charge in [-0.2, -0.15) is 0 Å². The van der Waals surface area contributed by atoms with Crippen LogP contribution in [0.3, 0.4) is 0 Å². The van der Waals surface area contributed by atoms with Gasteiger partial charge in [-0.3, -0.25) is 18.4 Å². The smallest absolute Gasteiger partial charge is 0.264 e. The summed E-state index contributed by atoms with van der Waals surface area (Å²) in [6.45, 7) is 0. The number of imidazole rings is 2. The van der Waals surface area contributed by atoms with Gasteiger partial charge in [-0.15, -0.1) is 0 Å². The summed E-state index contributed by atoms with van der Waals surface area (Å²) in [7, 11) is 0. The second-order valence-corrected chi connectivity index (χ2v) is 18.5. The fourth-order valence-corrected chi connectivity index (χ4v) is 10.9. The first-order valence-corrected chi connectivity index (χ1v) is 23.7. The van der Waals surface area contributed by atoms with E-state index >= 15 is 9.59 Å². The summed E-state index contributed by atoms with van der Waals surface area (Å²) in [5.74, 6) is 3.21. The Balaban J connectivity index is 1.24. The number of benzene rings is 11. The summed E-state index contributed by atoms with van der Waals surface area (Å²) in [4.78, 5) is 41.3. The summed E-state index contributed by atoms with van der Waals surface area (Å²) in [5.41, 5.74) is 29.9. The lowest BCUT2D eigenvalue weighted by Crippen LogP contribution is -2.15. The van der Waals surface area contributed by atoms with E-state index in [1.807, 2.05) is 60.7 Å². The van der Waals surface area contributed by atoms with Crippen molar-refractivity contribution in [3.8, 4) is 46.0 Å². The molecule has 74 heavy (non-hydrogen) atoms.